The second-order valence-electron chi connectivity index (χ2n) is 3.81. The highest BCUT2D eigenvalue weighted by Gasteiger charge is 2.34. The molecule has 1 aromatic rings. The van der Waals surface area contributed by atoms with Crippen molar-refractivity contribution in [2.45, 2.75) is 13.0 Å². The molecule has 0 aromatic heterocycles. The monoisotopic (exact) mass is 237 g/mol. The van der Waals surface area contributed by atoms with E-state index in [-0.39, 0.29) is 11.8 Å². The van der Waals surface area contributed by atoms with Gasteiger partial charge in [0.15, 0.2) is 11.7 Å². The minimum atomic E-state index is -1.05. The highest BCUT2D eigenvalue weighted by Crippen LogP contribution is 2.31. The minimum Gasteiger partial charge on any atom is -0.259 e. The highest BCUT2D eigenvalue weighted by molar-refractivity contribution is 7.85. The highest BCUT2D eigenvalue weighted by atomic mass is 32.2. The van der Waals surface area contributed by atoms with Crippen LogP contribution in [0.25, 0.3) is 0 Å². The molecule has 1 aliphatic heterocycles. The maximum Gasteiger partial charge on any atom is 0.350 e. The van der Waals surface area contributed by atoms with Gasteiger partial charge in [0, 0.05) is 17.1 Å². The summed E-state index contributed by atoms with van der Waals surface area (Å²) >= 11 is 0. The number of nitrogens with zero attached hydrogens (tertiary/aromatic N) is 2. The smallest absolute Gasteiger partial charge is 0.259 e. The summed E-state index contributed by atoms with van der Waals surface area (Å²) in [4.78, 5) is 16.1. The molecule has 0 amide bonds. The van der Waals surface area contributed by atoms with E-state index in [9.17, 15) is 9.12 Å². The molecule has 2 rings (SSSR count). The quantitative estimate of drug-likeness (QED) is 0.738. The van der Waals surface area contributed by atoms with Gasteiger partial charge in [-0.15, -0.1) is 0 Å². The second-order valence-corrected chi connectivity index (χ2v) is 5.24. The molecule has 0 saturated heterocycles. The van der Waals surface area contributed by atoms with Crippen LogP contribution in [0.4, 0.5) is 5.69 Å². The van der Waals surface area contributed by atoms with Crippen LogP contribution in [0.15, 0.2) is 29.3 Å². The molecule has 1 heterocycles. The summed E-state index contributed by atoms with van der Waals surface area (Å²) in [5.74, 6) is 0.564. The Balaban J connectivity index is 2.46. The van der Waals surface area contributed by atoms with Crippen molar-refractivity contribution in [1.29, 1.82) is 0 Å². The molecule has 16 heavy (non-hydrogen) atoms. The van der Waals surface area contributed by atoms with Gasteiger partial charge in [0.1, 0.15) is 5.75 Å². The molecule has 0 N–H and O–H groups in total. The van der Waals surface area contributed by atoms with Gasteiger partial charge in [-0.25, -0.2) is 0 Å². The number of benzene rings is 1. The van der Waals surface area contributed by atoms with Crippen LogP contribution in [0.5, 0.6) is 0 Å². The van der Waals surface area contributed by atoms with Gasteiger partial charge in [-0.05, 0) is 22.7 Å². The first-order valence-electron chi connectivity index (χ1n) is 5.02. The molecule has 0 radical (unpaired) electrons. The molecule has 0 spiro atoms. The summed E-state index contributed by atoms with van der Waals surface area (Å²) in [6, 6.07) is 7.29. The van der Waals surface area contributed by atoms with Gasteiger partial charge in [-0.1, -0.05) is 23.1 Å². The van der Waals surface area contributed by atoms with E-state index < -0.39 is 10.8 Å². The zero-order valence-corrected chi connectivity index (χ0v) is 10.0. The van der Waals surface area contributed by atoms with Gasteiger partial charge < -0.3 is 0 Å². The number of aliphatic imine (C=N–C) groups is 1. The summed E-state index contributed by atoms with van der Waals surface area (Å²) in [7, 11) is -1.05. The third-order valence-corrected chi connectivity index (χ3v) is 3.24. The first-order valence-corrected chi connectivity index (χ1v) is 6.75. The Hall–Kier alpha value is -1.36. The van der Waals surface area contributed by atoms with Crippen LogP contribution in [0.3, 0.4) is 0 Å². The van der Waals surface area contributed by atoms with Crippen LogP contribution in [0.2, 0.25) is 0 Å². The van der Waals surface area contributed by atoms with Gasteiger partial charge in [0.25, 0.3) is 0 Å². The Morgan fingerprint density at radius 2 is 2.12 bits per heavy atom. The summed E-state index contributed by atoms with van der Waals surface area (Å²) in [5, 5.41) is 0. The van der Waals surface area contributed by atoms with Crippen LogP contribution in [-0.2, 0) is 10.8 Å². The van der Waals surface area contributed by atoms with Gasteiger partial charge in [0.05, 0.1) is 5.56 Å². The Morgan fingerprint density at radius 3 is 2.81 bits per heavy atom. The molecular formula is C11H13N2O2S+. The van der Waals surface area contributed by atoms with E-state index in [1.165, 1.54) is 0 Å². The van der Waals surface area contributed by atoms with Crippen molar-refractivity contribution in [2.75, 3.05) is 12.0 Å². The summed E-state index contributed by atoms with van der Waals surface area (Å²) in [5.41, 5.74) is 1.73. The van der Waals surface area contributed by atoms with E-state index in [0.717, 1.165) is 16.0 Å². The third kappa shape index (κ3) is 1.95. The van der Waals surface area contributed by atoms with Crippen molar-refractivity contribution in [3.8, 4) is 0 Å². The van der Waals surface area contributed by atoms with Crippen molar-refractivity contribution in [1.82, 2.24) is 0 Å². The van der Waals surface area contributed by atoms with E-state index in [0.29, 0.717) is 5.84 Å². The molecule has 0 saturated carbocycles. The van der Waals surface area contributed by atoms with Crippen molar-refractivity contribution in [3.63, 3.8) is 0 Å². The number of nitroso groups, excluding NO2 is 1. The van der Waals surface area contributed by atoms with E-state index in [1.807, 2.05) is 31.2 Å². The number of hydrogen-bond acceptors (Lipinski definition) is 3. The number of fused-ring (bicyclic) bond motifs is 1. The molecule has 1 aliphatic rings. The van der Waals surface area contributed by atoms with Crippen LogP contribution in [0.1, 0.15) is 18.5 Å². The lowest BCUT2D eigenvalue weighted by Crippen LogP contribution is -2.29. The maximum absolute atomic E-state index is 11.9. The average Bonchev–Trinajstić information content (AvgIpc) is 2.25. The predicted molar refractivity (Wildman–Crippen MR) is 64.5 cm³/mol. The van der Waals surface area contributed by atoms with Crippen molar-refractivity contribution < 1.29 is 8.97 Å². The average molecular weight is 237 g/mol. The number of para-hydroxylation sites is 1. The zero-order valence-electron chi connectivity index (χ0n) is 9.21. The molecule has 0 aliphatic carbocycles. The van der Waals surface area contributed by atoms with E-state index in [2.05, 4.69) is 4.99 Å². The lowest BCUT2D eigenvalue weighted by molar-refractivity contribution is -0.480. The Kier molecular flexibility index (Phi) is 2.96. The lowest BCUT2D eigenvalue weighted by Gasteiger charge is -2.12. The number of hydrogen-bond donors (Lipinski definition) is 0. The van der Waals surface area contributed by atoms with E-state index in [1.54, 1.807) is 6.26 Å². The summed E-state index contributed by atoms with van der Waals surface area (Å²) in [6.45, 7) is 1.83. The van der Waals surface area contributed by atoms with E-state index >= 15 is 0 Å². The molecule has 4 nitrogen and oxygen atoms in total. The molecule has 2 atom stereocenters. The molecule has 0 bridgehead atoms. The molecule has 0 fully saturated rings. The van der Waals surface area contributed by atoms with Crippen molar-refractivity contribution in [3.05, 3.63) is 34.7 Å². The van der Waals surface area contributed by atoms with E-state index in [4.69, 9.17) is 0 Å². The fraction of sp³-hybridized carbons (Fsp3) is 0.364. The fourth-order valence-electron chi connectivity index (χ4n) is 1.76. The van der Waals surface area contributed by atoms with Crippen LogP contribution in [-0.4, -0.2) is 26.8 Å². The topological polar surface area (TPSA) is 49.5 Å². The van der Waals surface area contributed by atoms with Crippen molar-refractivity contribution >= 4 is 22.3 Å². The molecule has 1 aromatic carbocycles. The molecule has 84 valence electrons. The van der Waals surface area contributed by atoms with Gasteiger partial charge in [-0.3, -0.25) is 4.21 Å². The lowest BCUT2D eigenvalue weighted by atomic mass is 10.0. The third-order valence-electron chi connectivity index (χ3n) is 2.57. The zero-order chi connectivity index (χ0) is 11.7. The van der Waals surface area contributed by atoms with Gasteiger partial charge >= 0.3 is 5.84 Å². The maximum atomic E-state index is 11.9. The van der Waals surface area contributed by atoms with Gasteiger partial charge in [0.2, 0.25) is 0 Å². The van der Waals surface area contributed by atoms with Crippen molar-refractivity contribution in [2.24, 2.45) is 4.99 Å². The van der Waals surface area contributed by atoms with Gasteiger partial charge in [-0.2, -0.15) is 0 Å². The predicted octanol–water partition coefficient (Wildman–Crippen LogP) is 1.95. The van der Waals surface area contributed by atoms with Crippen LogP contribution >= 0.6 is 0 Å². The SMILES string of the molecule is CC1c2ccccc2N=C(CS(C)=O)[N+]1=O. The van der Waals surface area contributed by atoms with Crippen LogP contribution in [0, 0.1) is 4.91 Å². The number of rotatable bonds is 2. The first kappa shape index (κ1) is 11.1. The standard InChI is InChI=1S/C11H13N2O2S/c1-8-9-5-3-4-6-10(9)12-11(13(8)14)7-16(2)15/h3-6,8H,7H2,1-2H3/q+1. The Bertz CT molecular complexity index is 497. The first-order chi connectivity index (χ1) is 7.59. The van der Waals surface area contributed by atoms with Crippen LogP contribution < -0.4 is 0 Å². The Labute approximate surface area is 96.4 Å². The molecule has 5 heteroatoms. The Morgan fingerprint density at radius 1 is 1.44 bits per heavy atom. The second kappa shape index (κ2) is 4.25. The minimum absolute atomic E-state index is 0.210. The normalized spacial score (nSPS) is 21.2. The fourth-order valence-corrected chi connectivity index (χ4v) is 2.31. The summed E-state index contributed by atoms with van der Waals surface area (Å²) in [6.07, 6.45) is 1.57. The number of amidine groups is 1. The largest absolute Gasteiger partial charge is 0.350 e. The molecular weight excluding hydrogens is 224 g/mol. The molecule has 2 unspecified atom stereocenters. The summed E-state index contributed by atoms with van der Waals surface area (Å²) < 4.78 is 12.0.